The molecule has 2 rings (SSSR count). The minimum absolute atomic E-state index is 0.0597. The summed E-state index contributed by atoms with van der Waals surface area (Å²) in [6.45, 7) is 5.45. The zero-order valence-corrected chi connectivity index (χ0v) is 15.6. The van der Waals surface area contributed by atoms with Gasteiger partial charge in [0, 0.05) is 19.2 Å². The molecule has 1 saturated carbocycles. The van der Waals surface area contributed by atoms with Gasteiger partial charge in [0.2, 0.25) is 11.8 Å². The summed E-state index contributed by atoms with van der Waals surface area (Å²) >= 11 is 0. The number of nitrogens with zero attached hydrogens (tertiary/aromatic N) is 1. The lowest BCUT2D eigenvalue weighted by molar-refractivity contribution is -0.142. The van der Waals surface area contributed by atoms with Gasteiger partial charge in [0.05, 0.1) is 19.9 Å². The van der Waals surface area contributed by atoms with Crippen LogP contribution in [-0.2, 0) is 9.59 Å². The Morgan fingerprint density at radius 3 is 2.24 bits per heavy atom. The summed E-state index contributed by atoms with van der Waals surface area (Å²) < 4.78 is 10.5. The topological polar surface area (TPSA) is 67.9 Å². The molecule has 0 radical (unpaired) electrons. The Hall–Kier alpha value is -2.24. The molecular formula is C19H28N2O4. The Labute approximate surface area is 149 Å². The van der Waals surface area contributed by atoms with Crippen molar-refractivity contribution in [3.63, 3.8) is 0 Å². The third-order valence-electron chi connectivity index (χ3n) is 4.52. The highest BCUT2D eigenvalue weighted by molar-refractivity contribution is 6.13. The van der Waals surface area contributed by atoms with E-state index in [9.17, 15) is 9.59 Å². The van der Waals surface area contributed by atoms with Gasteiger partial charge < -0.3 is 19.7 Å². The molecule has 1 aromatic rings. The molecule has 1 N–H and O–H groups in total. The van der Waals surface area contributed by atoms with Gasteiger partial charge in [-0.25, -0.2) is 0 Å². The van der Waals surface area contributed by atoms with Crippen LogP contribution >= 0.6 is 0 Å². The van der Waals surface area contributed by atoms with Crippen molar-refractivity contribution in [1.29, 1.82) is 0 Å². The summed E-state index contributed by atoms with van der Waals surface area (Å²) in [5.74, 6) is 0.832. The van der Waals surface area contributed by atoms with Crippen molar-refractivity contribution in [1.82, 2.24) is 4.90 Å². The maximum atomic E-state index is 12.9. The van der Waals surface area contributed by atoms with Gasteiger partial charge >= 0.3 is 0 Å². The number of hydrogen-bond acceptors (Lipinski definition) is 4. The fourth-order valence-corrected chi connectivity index (χ4v) is 2.97. The van der Waals surface area contributed by atoms with Crippen molar-refractivity contribution in [2.45, 2.75) is 39.5 Å². The van der Waals surface area contributed by atoms with Gasteiger partial charge in [-0.05, 0) is 37.8 Å². The largest absolute Gasteiger partial charge is 0.497 e. The molecular weight excluding hydrogens is 320 g/mol. The maximum Gasteiger partial charge on any atom is 0.240 e. The first-order chi connectivity index (χ1) is 12.0. The first kappa shape index (κ1) is 19.1. The Bertz CT molecular complexity index is 620. The highest BCUT2D eigenvalue weighted by Crippen LogP contribution is 2.48. The van der Waals surface area contributed by atoms with Crippen LogP contribution in [0, 0.1) is 5.41 Å². The average molecular weight is 348 g/mol. The number of ether oxygens (including phenoxy) is 2. The van der Waals surface area contributed by atoms with Crippen molar-refractivity contribution in [2.24, 2.45) is 5.41 Å². The first-order valence-electron chi connectivity index (χ1n) is 8.85. The van der Waals surface area contributed by atoms with Crippen LogP contribution in [0.3, 0.4) is 0 Å². The summed E-state index contributed by atoms with van der Waals surface area (Å²) in [7, 11) is 3.10. The molecule has 0 spiro atoms. The van der Waals surface area contributed by atoms with E-state index in [0.29, 0.717) is 43.1 Å². The molecule has 0 atom stereocenters. The van der Waals surface area contributed by atoms with E-state index in [4.69, 9.17) is 9.47 Å². The lowest BCUT2D eigenvalue weighted by Crippen LogP contribution is -2.43. The van der Waals surface area contributed by atoms with Crippen molar-refractivity contribution in [3.8, 4) is 11.5 Å². The predicted octanol–water partition coefficient (Wildman–Crippen LogP) is 3.07. The number of carbonyl (C=O) groups excluding carboxylic acids is 2. The van der Waals surface area contributed by atoms with Crippen molar-refractivity contribution in [3.05, 3.63) is 18.2 Å². The number of amides is 2. The van der Waals surface area contributed by atoms with Crippen LogP contribution in [0.2, 0.25) is 0 Å². The fraction of sp³-hybridized carbons (Fsp3) is 0.579. The van der Waals surface area contributed by atoms with Crippen LogP contribution in [0.4, 0.5) is 5.69 Å². The molecule has 6 nitrogen and oxygen atoms in total. The van der Waals surface area contributed by atoms with Gasteiger partial charge in [-0.1, -0.05) is 13.8 Å². The van der Waals surface area contributed by atoms with Crippen molar-refractivity contribution < 1.29 is 19.1 Å². The number of methoxy groups -OCH3 is 2. The van der Waals surface area contributed by atoms with Crippen LogP contribution < -0.4 is 14.8 Å². The summed E-state index contributed by atoms with van der Waals surface area (Å²) in [4.78, 5) is 27.6. The molecule has 6 heteroatoms. The van der Waals surface area contributed by atoms with E-state index in [1.807, 2.05) is 18.7 Å². The zero-order valence-electron chi connectivity index (χ0n) is 15.6. The van der Waals surface area contributed by atoms with E-state index in [-0.39, 0.29) is 11.8 Å². The fourth-order valence-electron chi connectivity index (χ4n) is 2.97. The Kier molecular flexibility index (Phi) is 6.28. The second kappa shape index (κ2) is 8.23. The number of carbonyl (C=O) groups is 2. The van der Waals surface area contributed by atoms with E-state index in [2.05, 4.69) is 5.32 Å². The molecule has 0 aromatic heterocycles. The molecule has 1 aliphatic carbocycles. The van der Waals surface area contributed by atoms with Gasteiger partial charge in [-0.3, -0.25) is 9.59 Å². The summed E-state index contributed by atoms with van der Waals surface area (Å²) in [5.41, 5.74) is -0.415. The Morgan fingerprint density at radius 1 is 1.12 bits per heavy atom. The second-order valence-corrected chi connectivity index (χ2v) is 6.39. The van der Waals surface area contributed by atoms with E-state index in [1.54, 1.807) is 32.4 Å². The Morgan fingerprint density at radius 2 is 1.76 bits per heavy atom. The van der Waals surface area contributed by atoms with Crippen molar-refractivity contribution in [2.75, 3.05) is 32.6 Å². The second-order valence-electron chi connectivity index (χ2n) is 6.39. The van der Waals surface area contributed by atoms with Crippen LogP contribution in [0.15, 0.2) is 18.2 Å². The van der Waals surface area contributed by atoms with Gasteiger partial charge in [-0.15, -0.1) is 0 Å². The van der Waals surface area contributed by atoms with E-state index in [1.165, 1.54) is 0 Å². The third-order valence-corrected chi connectivity index (χ3v) is 4.52. The van der Waals surface area contributed by atoms with E-state index in [0.717, 1.165) is 12.8 Å². The molecule has 0 heterocycles. The monoisotopic (exact) mass is 348 g/mol. The minimum Gasteiger partial charge on any atom is -0.497 e. The summed E-state index contributed by atoms with van der Waals surface area (Å²) in [6, 6.07) is 5.19. The number of hydrogen-bond donors (Lipinski definition) is 1. The quantitative estimate of drug-likeness (QED) is 0.697. The number of nitrogens with one attached hydrogen (secondary N) is 1. The zero-order chi connectivity index (χ0) is 18.4. The predicted molar refractivity (Wildman–Crippen MR) is 97.0 cm³/mol. The van der Waals surface area contributed by atoms with Gasteiger partial charge in [0.25, 0.3) is 0 Å². The SMILES string of the molecule is CCCN(CCC)C(=O)C1(C(=O)Nc2cc(OC)ccc2OC)CC1. The molecule has 25 heavy (non-hydrogen) atoms. The minimum atomic E-state index is -0.932. The molecule has 1 aromatic carbocycles. The highest BCUT2D eigenvalue weighted by atomic mass is 16.5. The van der Waals surface area contributed by atoms with Crippen LogP contribution in [0.25, 0.3) is 0 Å². The first-order valence-corrected chi connectivity index (χ1v) is 8.85. The molecule has 2 amide bonds. The maximum absolute atomic E-state index is 12.9. The highest BCUT2D eigenvalue weighted by Gasteiger charge is 2.57. The van der Waals surface area contributed by atoms with Gasteiger partial charge in [0.15, 0.2) is 0 Å². The molecule has 1 fully saturated rings. The lowest BCUT2D eigenvalue weighted by atomic mass is 10.0. The van der Waals surface area contributed by atoms with E-state index < -0.39 is 5.41 Å². The number of anilines is 1. The molecule has 0 aliphatic heterocycles. The lowest BCUT2D eigenvalue weighted by Gasteiger charge is -2.26. The van der Waals surface area contributed by atoms with E-state index >= 15 is 0 Å². The molecule has 0 saturated heterocycles. The van der Waals surface area contributed by atoms with Crippen molar-refractivity contribution >= 4 is 17.5 Å². The van der Waals surface area contributed by atoms with Gasteiger partial charge in [-0.2, -0.15) is 0 Å². The standard InChI is InChI=1S/C19H28N2O4/c1-5-11-21(12-6-2)18(23)19(9-10-19)17(22)20-15-13-14(24-3)7-8-16(15)25-4/h7-8,13H,5-6,9-12H2,1-4H3,(H,20,22). The number of rotatable bonds is 9. The Balaban J connectivity index is 2.18. The molecule has 0 bridgehead atoms. The summed E-state index contributed by atoms with van der Waals surface area (Å²) in [5, 5.41) is 2.87. The molecule has 138 valence electrons. The number of benzene rings is 1. The third kappa shape index (κ3) is 4.06. The average Bonchev–Trinajstić information content (AvgIpc) is 3.42. The normalized spacial score (nSPS) is 14.6. The molecule has 0 unspecified atom stereocenters. The van der Waals surface area contributed by atoms with Crippen LogP contribution in [-0.4, -0.2) is 44.0 Å². The molecule has 1 aliphatic rings. The van der Waals surface area contributed by atoms with Crippen LogP contribution in [0.5, 0.6) is 11.5 Å². The van der Waals surface area contributed by atoms with Crippen LogP contribution in [0.1, 0.15) is 39.5 Å². The summed E-state index contributed by atoms with van der Waals surface area (Å²) in [6.07, 6.45) is 2.95. The smallest absolute Gasteiger partial charge is 0.240 e. The van der Waals surface area contributed by atoms with Gasteiger partial charge in [0.1, 0.15) is 16.9 Å².